The number of benzene rings is 2. The van der Waals surface area contributed by atoms with E-state index >= 15 is 0 Å². The summed E-state index contributed by atoms with van der Waals surface area (Å²) in [4.78, 5) is 5.15. The second kappa shape index (κ2) is 10.8. The Morgan fingerprint density at radius 2 is 1.72 bits per heavy atom. The van der Waals surface area contributed by atoms with Crippen molar-refractivity contribution >= 4 is 28.3 Å². The van der Waals surface area contributed by atoms with Crippen LogP contribution >= 0.6 is 12.4 Å². The molecule has 8 heteroatoms. The maximum atomic E-state index is 13.2. The molecule has 2 heterocycles. The molecule has 0 aromatic heterocycles. The van der Waals surface area contributed by atoms with Crippen LogP contribution in [0.1, 0.15) is 37.3 Å². The van der Waals surface area contributed by atoms with E-state index < -0.39 is 10.0 Å². The highest BCUT2D eigenvalue weighted by atomic mass is 35.5. The molecule has 32 heavy (non-hydrogen) atoms. The number of halogens is 1. The zero-order valence-electron chi connectivity index (χ0n) is 18.6. The van der Waals surface area contributed by atoms with Gasteiger partial charge in [0, 0.05) is 26.2 Å². The predicted molar refractivity (Wildman–Crippen MR) is 132 cm³/mol. The second-order valence-electron chi connectivity index (χ2n) is 8.38. The van der Waals surface area contributed by atoms with Gasteiger partial charge in [-0.25, -0.2) is 8.42 Å². The lowest BCUT2D eigenvalue weighted by Gasteiger charge is -2.44. The molecule has 2 aliphatic heterocycles. The lowest BCUT2D eigenvalue weighted by atomic mass is 9.85. The topological polar surface area (TPSA) is 73.8 Å². The predicted octanol–water partition coefficient (Wildman–Crippen LogP) is 3.38. The number of nitrogens with zero attached hydrogens (tertiary/aromatic N) is 2. The first-order valence-electron chi connectivity index (χ1n) is 11.2. The first kappa shape index (κ1) is 24.7. The fourth-order valence-electron chi connectivity index (χ4n) is 4.49. The Kier molecular flexibility index (Phi) is 8.33. The van der Waals surface area contributed by atoms with Crippen LogP contribution in [0.5, 0.6) is 0 Å². The van der Waals surface area contributed by atoms with Gasteiger partial charge >= 0.3 is 0 Å². The van der Waals surface area contributed by atoms with Crippen molar-refractivity contribution in [3.8, 4) is 0 Å². The Labute approximate surface area is 198 Å². The zero-order chi connectivity index (χ0) is 21.7. The third kappa shape index (κ3) is 5.34. The van der Waals surface area contributed by atoms with Crippen molar-refractivity contribution in [1.29, 1.82) is 0 Å². The minimum atomic E-state index is -3.48. The molecule has 0 aliphatic carbocycles. The molecular weight excluding hydrogens is 444 g/mol. The largest absolute Gasteiger partial charge is 0.368 e. The summed E-state index contributed by atoms with van der Waals surface area (Å²) < 4.78 is 28.0. The third-order valence-corrected chi connectivity index (χ3v) is 8.19. The van der Waals surface area contributed by atoms with E-state index in [-0.39, 0.29) is 17.9 Å². The minimum Gasteiger partial charge on any atom is -0.368 e. The Bertz CT molecular complexity index is 1000. The molecule has 0 atom stereocenters. The van der Waals surface area contributed by atoms with Gasteiger partial charge in [-0.1, -0.05) is 55.8 Å². The van der Waals surface area contributed by atoms with E-state index in [1.54, 1.807) is 16.4 Å². The van der Waals surface area contributed by atoms with Crippen LogP contribution in [0.25, 0.3) is 0 Å². The number of aryl methyl sites for hydroxylation is 1. The number of nitrogens with one attached hydrogen (secondary N) is 2. The highest BCUT2D eigenvalue weighted by Crippen LogP contribution is 2.29. The van der Waals surface area contributed by atoms with E-state index in [0.29, 0.717) is 30.8 Å². The summed E-state index contributed by atoms with van der Waals surface area (Å²) in [5.74, 6) is 0.962. The van der Waals surface area contributed by atoms with Crippen molar-refractivity contribution in [2.75, 3.05) is 26.2 Å². The second-order valence-corrected chi connectivity index (χ2v) is 10.3. The van der Waals surface area contributed by atoms with E-state index in [1.165, 1.54) is 11.1 Å². The molecule has 0 saturated carbocycles. The summed E-state index contributed by atoms with van der Waals surface area (Å²) in [5.41, 5.74) is 2.11. The number of hydrogen-bond donors (Lipinski definition) is 2. The molecule has 2 aromatic carbocycles. The maximum absolute atomic E-state index is 13.2. The van der Waals surface area contributed by atoms with Crippen LogP contribution in [0.2, 0.25) is 0 Å². The van der Waals surface area contributed by atoms with Crippen molar-refractivity contribution in [2.24, 2.45) is 4.99 Å². The van der Waals surface area contributed by atoms with Gasteiger partial charge in [0.25, 0.3) is 0 Å². The molecule has 2 aliphatic rings. The molecule has 0 radical (unpaired) electrons. The average molecular weight is 477 g/mol. The van der Waals surface area contributed by atoms with E-state index in [0.717, 1.165) is 38.3 Å². The van der Waals surface area contributed by atoms with Gasteiger partial charge in [-0.3, -0.25) is 4.99 Å². The number of piperidine rings is 1. The Balaban J connectivity index is 0.00000289. The molecule has 4 rings (SSSR count). The van der Waals surface area contributed by atoms with Gasteiger partial charge in [0.1, 0.15) is 5.84 Å². The molecular formula is C24H33ClN4O2S. The maximum Gasteiger partial charge on any atom is 0.243 e. The molecule has 6 nitrogen and oxygen atoms in total. The van der Waals surface area contributed by atoms with Crippen LogP contribution in [0.3, 0.4) is 0 Å². The Morgan fingerprint density at radius 1 is 1.03 bits per heavy atom. The normalized spacial score (nSPS) is 18.6. The van der Waals surface area contributed by atoms with Crippen molar-refractivity contribution < 1.29 is 8.42 Å². The standard InChI is InChI=1S/C24H32N4O2S.ClH/c1-2-6-20-9-11-22(12-10-20)31(29,30)28-17-13-24(14-18-28)23(25-15-16-27-24)26-19-21-7-4-3-5-8-21;/h3-5,7-12,27H,2,6,13-19H2,1H3,(H,25,26);1H. The van der Waals surface area contributed by atoms with Gasteiger partial charge < -0.3 is 10.6 Å². The molecule has 1 spiro atoms. The van der Waals surface area contributed by atoms with Crippen LogP contribution < -0.4 is 10.6 Å². The zero-order valence-corrected chi connectivity index (χ0v) is 20.2. The summed E-state index contributed by atoms with van der Waals surface area (Å²) in [6.45, 7) is 5.37. The summed E-state index contributed by atoms with van der Waals surface area (Å²) in [6.07, 6.45) is 3.44. The smallest absolute Gasteiger partial charge is 0.243 e. The van der Waals surface area contributed by atoms with E-state index in [2.05, 4.69) is 29.7 Å². The van der Waals surface area contributed by atoms with Crippen LogP contribution in [-0.2, 0) is 23.0 Å². The van der Waals surface area contributed by atoms with Gasteiger partial charge in [-0.2, -0.15) is 4.31 Å². The van der Waals surface area contributed by atoms with Crippen molar-refractivity contribution in [3.63, 3.8) is 0 Å². The molecule has 0 bridgehead atoms. The number of hydrogen-bond acceptors (Lipinski definition) is 5. The van der Waals surface area contributed by atoms with Gasteiger partial charge in [-0.15, -0.1) is 12.4 Å². The lowest BCUT2D eigenvalue weighted by molar-refractivity contribution is 0.241. The summed E-state index contributed by atoms with van der Waals surface area (Å²) in [6, 6.07) is 17.6. The first-order valence-corrected chi connectivity index (χ1v) is 12.6. The highest BCUT2D eigenvalue weighted by molar-refractivity contribution is 7.89. The Hall–Kier alpha value is -1.93. The monoisotopic (exact) mass is 476 g/mol. The van der Waals surface area contributed by atoms with Crippen LogP contribution in [0.15, 0.2) is 64.5 Å². The molecule has 2 N–H and O–H groups in total. The van der Waals surface area contributed by atoms with Crippen LogP contribution in [-0.4, -0.2) is 50.3 Å². The molecule has 174 valence electrons. The lowest BCUT2D eigenvalue weighted by Crippen LogP contribution is -2.64. The Morgan fingerprint density at radius 3 is 2.38 bits per heavy atom. The van der Waals surface area contributed by atoms with Gasteiger partial charge in [0.05, 0.1) is 17.0 Å². The fraction of sp³-hybridized carbons (Fsp3) is 0.458. The molecule has 2 aromatic rings. The highest BCUT2D eigenvalue weighted by Gasteiger charge is 2.43. The summed E-state index contributed by atoms with van der Waals surface area (Å²) in [5, 5.41) is 7.16. The fourth-order valence-corrected chi connectivity index (χ4v) is 5.93. The van der Waals surface area contributed by atoms with Crippen LogP contribution in [0.4, 0.5) is 0 Å². The minimum absolute atomic E-state index is 0. The summed E-state index contributed by atoms with van der Waals surface area (Å²) >= 11 is 0. The van der Waals surface area contributed by atoms with Crippen molar-refractivity contribution in [2.45, 2.75) is 49.6 Å². The van der Waals surface area contributed by atoms with Crippen molar-refractivity contribution in [1.82, 2.24) is 14.9 Å². The van der Waals surface area contributed by atoms with Crippen molar-refractivity contribution in [3.05, 3.63) is 65.7 Å². The van der Waals surface area contributed by atoms with Gasteiger partial charge in [0.15, 0.2) is 0 Å². The first-order chi connectivity index (χ1) is 15.0. The SMILES string of the molecule is CCCc1ccc(S(=O)(=O)N2CCC3(CC2)NCCN=C3NCc2ccccc2)cc1.Cl. The van der Waals surface area contributed by atoms with E-state index in [4.69, 9.17) is 4.99 Å². The number of rotatable bonds is 6. The summed E-state index contributed by atoms with van der Waals surface area (Å²) in [7, 11) is -3.48. The van der Waals surface area contributed by atoms with Gasteiger partial charge in [-0.05, 0) is 42.5 Å². The molecule has 0 unspecified atom stereocenters. The number of aliphatic imine (C=N–C) groups is 1. The molecule has 1 fully saturated rings. The molecule has 0 amide bonds. The van der Waals surface area contributed by atoms with E-state index in [9.17, 15) is 8.42 Å². The van der Waals surface area contributed by atoms with Gasteiger partial charge in [0.2, 0.25) is 10.0 Å². The quantitative estimate of drug-likeness (QED) is 0.670. The average Bonchev–Trinajstić information content (AvgIpc) is 2.80. The van der Waals surface area contributed by atoms with Crippen LogP contribution in [0, 0.1) is 0 Å². The molecule has 1 saturated heterocycles. The van der Waals surface area contributed by atoms with E-state index in [1.807, 2.05) is 30.3 Å². The third-order valence-electron chi connectivity index (χ3n) is 6.28. The number of amidine groups is 1. The number of sulfonamides is 1.